The third-order valence-electron chi connectivity index (χ3n) is 5.18. The maximum atomic E-state index is 13.0. The molecule has 0 aliphatic carbocycles. The van der Waals surface area contributed by atoms with Gasteiger partial charge in [0.2, 0.25) is 6.29 Å². The maximum Gasteiger partial charge on any atom is 0.288 e. The fourth-order valence-electron chi connectivity index (χ4n) is 3.74. The van der Waals surface area contributed by atoms with Crippen LogP contribution in [0.2, 0.25) is 5.02 Å². The normalized spacial score (nSPS) is 25.2. The summed E-state index contributed by atoms with van der Waals surface area (Å²) < 4.78 is 17.2. The lowest BCUT2D eigenvalue weighted by atomic mass is 9.80. The lowest BCUT2D eigenvalue weighted by Gasteiger charge is -2.38. The molecule has 2 heterocycles. The van der Waals surface area contributed by atoms with Crippen LogP contribution in [0.3, 0.4) is 0 Å². The number of hydrogen-bond donors (Lipinski definition) is 1. The van der Waals surface area contributed by atoms with E-state index in [9.17, 15) is 9.90 Å². The van der Waals surface area contributed by atoms with Crippen molar-refractivity contribution in [1.29, 1.82) is 0 Å². The van der Waals surface area contributed by atoms with Crippen molar-refractivity contribution < 1.29 is 24.1 Å². The van der Waals surface area contributed by atoms with Gasteiger partial charge in [0.1, 0.15) is 0 Å². The second-order valence-electron chi connectivity index (χ2n) is 6.98. The average molecular weight is 410 g/mol. The third kappa shape index (κ3) is 5.06. The van der Waals surface area contributed by atoms with Crippen LogP contribution in [-0.2, 0) is 19.0 Å². The van der Waals surface area contributed by atoms with Crippen LogP contribution >= 0.6 is 11.6 Å². The summed E-state index contributed by atoms with van der Waals surface area (Å²) in [6, 6.07) is 7.64. The molecule has 6 nitrogen and oxygen atoms in total. The topological polar surface area (TPSA) is 68.2 Å². The van der Waals surface area contributed by atoms with E-state index in [0.29, 0.717) is 50.1 Å². The van der Waals surface area contributed by atoms with Crippen LogP contribution < -0.4 is 0 Å². The van der Waals surface area contributed by atoms with Gasteiger partial charge in [-0.2, -0.15) is 0 Å². The van der Waals surface area contributed by atoms with E-state index >= 15 is 0 Å². The molecule has 0 aromatic heterocycles. The summed E-state index contributed by atoms with van der Waals surface area (Å²) in [6.45, 7) is 4.67. The molecule has 1 amide bonds. The lowest BCUT2D eigenvalue weighted by Crippen LogP contribution is -2.44. The van der Waals surface area contributed by atoms with Gasteiger partial charge in [0.15, 0.2) is 5.76 Å². The molecule has 0 bridgehead atoms. The van der Waals surface area contributed by atoms with Gasteiger partial charge in [0, 0.05) is 43.2 Å². The molecule has 0 spiro atoms. The van der Waals surface area contributed by atoms with Crippen LogP contribution in [-0.4, -0.2) is 61.7 Å². The Bertz CT molecular complexity index is 672. The van der Waals surface area contributed by atoms with E-state index in [0.717, 1.165) is 12.0 Å². The Hall–Kier alpha value is -1.60. The summed E-state index contributed by atoms with van der Waals surface area (Å²) in [4.78, 5) is 14.8. The number of nitrogens with zero attached hydrogens (tertiary/aromatic N) is 1. The molecule has 2 aliphatic heterocycles. The van der Waals surface area contributed by atoms with Crippen molar-refractivity contribution in [2.45, 2.75) is 32.0 Å². The first-order valence-corrected chi connectivity index (χ1v) is 10.2. The first kappa shape index (κ1) is 21.1. The number of morpholine rings is 1. The first-order chi connectivity index (χ1) is 13.6. The molecule has 1 saturated heterocycles. The van der Waals surface area contributed by atoms with Crippen LogP contribution in [0.15, 0.2) is 36.1 Å². The van der Waals surface area contributed by atoms with Gasteiger partial charge >= 0.3 is 0 Å². The molecule has 154 valence electrons. The first-order valence-electron chi connectivity index (χ1n) is 9.87. The minimum absolute atomic E-state index is 0.00508. The van der Waals surface area contributed by atoms with Gasteiger partial charge in [-0.25, -0.2) is 0 Å². The number of aliphatic hydroxyl groups excluding tert-OH is 1. The van der Waals surface area contributed by atoms with Crippen molar-refractivity contribution in [3.8, 4) is 0 Å². The van der Waals surface area contributed by atoms with E-state index in [-0.39, 0.29) is 24.3 Å². The Labute approximate surface area is 171 Å². The summed E-state index contributed by atoms with van der Waals surface area (Å²) in [5, 5.41) is 9.99. The minimum atomic E-state index is -0.540. The smallest absolute Gasteiger partial charge is 0.288 e. The molecule has 1 N–H and O–H groups in total. The number of aliphatic hydroxyl groups is 1. The molecule has 1 aromatic rings. The van der Waals surface area contributed by atoms with Gasteiger partial charge < -0.3 is 24.2 Å². The Morgan fingerprint density at radius 3 is 2.64 bits per heavy atom. The molecule has 28 heavy (non-hydrogen) atoms. The highest BCUT2D eigenvalue weighted by Crippen LogP contribution is 2.40. The number of carbonyl (C=O) groups excluding carboxylic acids is 1. The third-order valence-corrected chi connectivity index (χ3v) is 5.43. The van der Waals surface area contributed by atoms with Crippen molar-refractivity contribution in [3.63, 3.8) is 0 Å². The number of hydrogen-bond acceptors (Lipinski definition) is 5. The van der Waals surface area contributed by atoms with E-state index in [1.165, 1.54) is 0 Å². The number of halogens is 1. The second-order valence-corrected chi connectivity index (χ2v) is 7.42. The van der Waals surface area contributed by atoms with Gasteiger partial charge in [-0.3, -0.25) is 4.79 Å². The largest absolute Gasteiger partial charge is 0.459 e. The lowest BCUT2D eigenvalue weighted by molar-refractivity contribution is -0.171. The maximum absolute atomic E-state index is 13.0. The summed E-state index contributed by atoms with van der Waals surface area (Å²) in [5.41, 5.74) is 1.05. The average Bonchev–Trinajstić information content (AvgIpc) is 2.73. The quantitative estimate of drug-likeness (QED) is 0.749. The molecule has 3 atom stereocenters. The van der Waals surface area contributed by atoms with E-state index in [1.807, 2.05) is 37.3 Å². The van der Waals surface area contributed by atoms with E-state index < -0.39 is 6.29 Å². The molecule has 0 unspecified atom stereocenters. The number of amides is 1. The highest BCUT2D eigenvalue weighted by atomic mass is 35.5. The van der Waals surface area contributed by atoms with Gasteiger partial charge in [0.25, 0.3) is 5.91 Å². The Morgan fingerprint density at radius 2 is 2.00 bits per heavy atom. The molecule has 3 rings (SSSR count). The zero-order valence-corrected chi connectivity index (χ0v) is 16.9. The van der Waals surface area contributed by atoms with Gasteiger partial charge in [-0.1, -0.05) is 23.7 Å². The van der Waals surface area contributed by atoms with Crippen LogP contribution in [0.25, 0.3) is 0 Å². The molecule has 0 saturated carbocycles. The van der Waals surface area contributed by atoms with E-state index in [1.54, 1.807) is 4.90 Å². The van der Waals surface area contributed by atoms with Gasteiger partial charge in [0.05, 0.1) is 13.2 Å². The highest BCUT2D eigenvalue weighted by Gasteiger charge is 2.38. The molecule has 1 fully saturated rings. The number of rotatable bonds is 7. The van der Waals surface area contributed by atoms with Crippen molar-refractivity contribution in [2.75, 3.05) is 39.5 Å². The highest BCUT2D eigenvalue weighted by molar-refractivity contribution is 6.30. The van der Waals surface area contributed by atoms with E-state index in [4.69, 9.17) is 25.8 Å². The fraction of sp³-hybridized carbons (Fsp3) is 0.571. The Balaban J connectivity index is 1.92. The van der Waals surface area contributed by atoms with Crippen molar-refractivity contribution >= 4 is 17.5 Å². The standard InChI is InChI=1S/C21H28ClNO5/c1-2-27-21-17(4-3-11-24)18(15-5-7-16(22)8-6-15)14-19(28-21)20(25)23-9-12-26-13-10-23/h5-8,14,17-18,21,24H,2-4,9-13H2,1H3/t17-,18-,21-/m0/s1. The summed E-state index contributed by atoms with van der Waals surface area (Å²) in [7, 11) is 0. The predicted octanol–water partition coefficient (Wildman–Crippen LogP) is 2.95. The fourth-order valence-corrected chi connectivity index (χ4v) is 3.87. The summed E-state index contributed by atoms with van der Waals surface area (Å²) >= 11 is 6.06. The zero-order valence-electron chi connectivity index (χ0n) is 16.2. The molecule has 2 aliphatic rings. The predicted molar refractivity (Wildman–Crippen MR) is 106 cm³/mol. The monoisotopic (exact) mass is 409 g/mol. The summed E-state index contributed by atoms with van der Waals surface area (Å²) in [5.74, 6) is 0.122. The van der Waals surface area contributed by atoms with Crippen LogP contribution in [0.4, 0.5) is 0 Å². The molecular weight excluding hydrogens is 382 g/mol. The molecule has 7 heteroatoms. The molecular formula is C21H28ClNO5. The summed E-state index contributed by atoms with van der Waals surface area (Å²) in [6.07, 6.45) is 2.73. The van der Waals surface area contributed by atoms with Gasteiger partial charge in [-0.15, -0.1) is 0 Å². The zero-order chi connectivity index (χ0) is 19.9. The van der Waals surface area contributed by atoms with Gasteiger partial charge in [-0.05, 0) is 43.5 Å². The van der Waals surface area contributed by atoms with Crippen molar-refractivity contribution in [2.24, 2.45) is 5.92 Å². The number of benzene rings is 1. The van der Waals surface area contributed by atoms with Crippen LogP contribution in [0.1, 0.15) is 31.2 Å². The second kappa shape index (κ2) is 10.3. The SMILES string of the molecule is CCO[C@H]1OC(C(=O)N2CCOCC2)=C[C@@H](c2ccc(Cl)cc2)[C@@H]1CCCO. The van der Waals surface area contributed by atoms with Crippen LogP contribution in [0, 0.1) is 5.92 Å². The molecule has 0 radical (unpaired) electrons. The van der Waals surface area contributed by atoms with Crippen molar-refractivity contribution in [1.82, 2.24) is 4.90 Å². The Kier molecular flexibility index (Phi) is 7.73. The number of ether oxygens (including phenoxy) is 3. The van der Waals surface area contributed by atoms with Crippen LogP contribution in [0.5, 0.6) is 0 Å². The molecule has 1 aromatic carbocycles. The Morgan fingerprint density at radius 1 is 1.29 bits per heavy atom. The van der Waals surface area contributed by atoms with E-state index in [2.05, 4.69) is 0 Å². The minimum Gasteiger partial charge on any atom is -0.459 e. The van der Waals surface area contributed by atoms with Crippen molar-refractivity contribution in [3.05, 3.63) is 46.7 Å². The number of carbonyl (C=O) groups is 1. The number of allylic oxidation sites excluding steroid dienone is 1.